The molecule has 1 saturated carbocycles. The van der Waals surface area contributed by atoms with Gasteiger partial charge in [-0.15, -0.1) is 0 Å². The molecule has 1 heterocycles. The van der Waals surface area contributed by atoms with Crippen LogP contribution in [-0.4, -0.2) is 31.5 Å². The molecule has 3 rings (SSSR count). The van der Waals surface area contributed by atoms with Gasteiger partial charge in [-0.05, 0) is 62.5 Å². The maximum absolute atomic E-state index is 13.1. The van der Waals surface area contributed by atoms with Crippen molar-refractivity contribution in [2.75, 3.05) is 11.8 Å². The molecular formula is C27H32ClN3O4S. The number of benzene rings is 1. The Morgan fingerprint density at radius 2 is 1.94 bits per heavy atom. The Labute approximate surface area is 218 Å². The highest BCUT2D eigenvalue weighted by atomic mass is 35.5. The molecule has 9 heteroatoms. The van der Waals surface area contributed by atoms with Crippen LogP contribution in [0.15, 0.2) is 59.0 Å². The van der Waals surface area contributed by atoms with E-state index in [4.69, 9.17) is 11.6 Å². The fourth-order valence-electron chi connectivity index (χ4n) is 4.29. The standard InChI is InChI=1S/C27H32ClN3O4S/c1-5-6-7-13-21(16-20-11-8-9-12-20)18(2)24-19(3)25(28)30-27(29-24)31-36(33,34)23-15-10-14-22(17-23)26(32)35-4/h5-7,10,13-15,17,20H,8-9,11-12,16H2,1-4H3,(H,29,30,31)/b6-5+,13-7-,21-18-. The Hall–Kier alpha value is -2.97. The number of ether oxygens (including phenoxy) is 1. The summed E-state index contributed by atoms with van der Waals surface area (Å²) in [6, 6.07) is 5.56. The highest BCUT2D eigenvalue weighted by molar-refractivity contribution is 7.92. The van der Waals surface area contributed by atoms with Gasteiger partial charge < -0.3 is 4.74 Å². The van der Waals surface area contributed by atoms with Crippen molar-refractivity contribution >= 4 is 39.1 Å². The summed E-state index contributed by atoms with van der Waals surface area (Å²) in [5.74, 6) is -0.158. The highest BCUT2D eigenvalue weighted by Gasteiger charge is 2.22. The average Bonchev–Trinajstić information content (AvgIpc) is 3.38. The van der Waals surface area contributed by atoms with Gasteiger partial charge in [-0.1, -0.05) is 67.7 Å². The minimum absolute atomic E-state index is 0.115. The SMILES string of the molecule is C/C=C/C=C\C(CC1CCCC1)=C(/C)c1nc(NS(=O)(=O)c2cccc(C(=O)OC)c2)nc(Cl)c1C. The summed E-state index contributed by atoms with van der Waals surface area (Å²) in [7, 11) is -2.85. The number of esters is 1. The Morgan fingerprint density at radius 3 is 2.61 bits per heavy atom. The van der Waals surface area contributed by atoms with Crippen LogP contribution in [0.3, 0.4) is 0 Å². The number of nitrogens with one attached hydrogen (secondary N) is 1. The molecule has 2 aromatic rings. The van der Waals surface area contributed by atoms with Crippen molar-refractivity contribution in [3.8, 4) is 0 Å². The number of halogens is 1. The minimum Gasteiger partial charge on any atom is -0.465 e. The number of anilines is 1. The lowest BCUT2D eigenvalue weighted by molar-refractivity contribution is 0.0600. The number of carbonyl (C=O) groups is 1. The fourth-order valence-corrected chi connectivity index (χ4v) is 5.45. The summed E-state index contributed by atoms with van der Waals surface area (Å²) in [6.45, 7) is 5.77. The third kappa shape index (κ3) is 6.83. The molecule has 0 amide bonds. The Balaban J connectivity index is 2.01. The van der Waals surface area contributed by atoms with E-state index < -0.39 is 16.0 Å². The number of hydrogen-bond donors (Lipinski definition) is 1. The van der Waals surface area contributed by atoms with E-state index in [2.05, 4.69) is 25.5 Å². The number of nitrogens with zero attached hydrogens (tertiary/aromatic N) is 2. The number of hydrogen-bond acceptors (Lipinski definition) is 6. The molecule has 1 aliphatic rings. The van der Waals surface area contributed by atoms with E-state index >= 15 is 0 Å². The zero-order valence-electron chi connectivity index (χ0n) is 21.0. The maximum Gasteiger partial charge on any atom is 0.337 e. The molecule has 192 valence electrons. The van der Waals surface area contributed by atoms with Crippen molar-refractivity contribution in [3.05, 3.63) is 76.1 Å². The van der Waals surface area contributed by atoms with Gasteiger partial charge in [-0.25, -0.2) is 22.9 Å². The first kappa shape index (κ1) is 27.6. The van der Waals surface area contributed by atoms with Gasteiger partial charge in [0.2, 0.25) is 5.95 Å². The van der Waals surface area contributed by atoms with E-state index in [0.717, 1.165) is 17.6 Å². The third-order valence-corrected chi connectivity index (χ3v) is 7.99. The first-order valence-corrected chi connectivity index (χ1v) is 13.8. The molecule has 1 aromatic carbocycles. The van der Waals surface area contributed by atoms with Crippen LogP contribution >= 0.6 is 11.6 Å². The van der Waals surface area contributed by atoms with Crippen LogP contribution in [0, 0.1) is 12.8 Å². The second-order valence-electron chi connectivity index (χ2n) is 8.83. The number of aromatic nitrogens is 2. The van der Waals surface area contributed by atoms with Crippen molar-refractivity contribution in [1.29, 1.82) is 0 Å². The van der Waals surface area contributed by atoms with E-state index in [1.54, 1.807) is 0 Å². The number of rotatable bonds is 9. The van der Waals surface area contributed by atoms with Gasteiger partial charge in [-0.2, -0.15) is 4.98 Å². The summed E-state index contributed by atoms with van der Waals surface area (Å²) < 4.78 is 33.2. The van der Waals surface area contributed by atoms with Gasteiger partial charge in [0, 0.05) is 5.56 Å². The molecule has 0 spiro atoms. The number of methoxy groups -OCH3 is 1. The first-order valence-electron chi connectivity index (χ1n) is 11.9. The molecular weight excluding hydrogens is 498 g/mol. The fraction of sp³-hybridized carbons (Fsp3) is 0.370. The van der Waals surface area contributed by atoms with E-state index in [-0.39, 0.29) is 21.6 Å². The smallest absolute Gasteiger partial charge is 0.337 e. The summed E-state index contributed by atoms with van der Waals surface area (Å²) in [5.41, 5.74) is 3.45. The largest absolute Gasteiger partial charge is 0.465 e. The molecule has 0 unspecified atom stereocenters. The molecule has 0 atom stereocenters. The van der Waals surface area contributed by atoms with Crippen LogP contribution in [0.1, 0.15) is 67.6 Å². The Kier molecular flexibility index (Phi) is 9.45. The van der Waals surface area contributed by atoms with Crippen LogP contribution < -0.4 is 4.72 Å². The van der Waals surface area contributed by atoms with E-state index in [9.17, 15) is 13.2 Å². The lowest BCUT2D eigenvalue weighted by atomic mass is 9.92. The van der Waals surface area contributed by atoms with Gasteiger partial charge >= 0.3 is 5.97 Å². The van der Waals surface area contributed by atoms with Crippen LogP contribution in [0.25, 0.3) is 5.57 Å². The second kappa shape index (κ2) is 12.3. The Bertz CT molecular complexity index is 1310. The van der Waals surface area contributed by atoms with Crippen LogP contribution in [0.5, 0.6) is 0 Å². The zero-order valence-corrected chi connectivity index (χ0v) is 22.6. The molecule has 7 nitrogen and oxygen atoms in total. The van der Waals surface area contributed by atoms with Gasteiger partial charge in [0.1, 0.15) is 5.15 Å². The zero-order chi connectivity index (χ0) is 26.3. The maximum atomic E-state index is 13.1. The highest BCUT2D eigenvalue weighted by Crippen LogP contribution is 2.35. The van der Waals surface area contributed by atoms with Crippen molar-refractivity contribution < 1.29 is 17.9 Å². The lowest BCUT2D eigenvalue weighted by Gasteiger charge is -2.16. The number of sulfonamides is 1. The summed E-state index contributed by atoms with van der Waals surface area (Å²) in [4.78, 5) is 20.4. The molecule has 1 N–H and O–H groups in total. The Morgan fingerprint density at radius 1 is 1.22 bits per heavy atom. The summed E-state index contributed by atoms with van der Waals surface area (Å²) >= 11 is 6.43. The van der Waals surface area contributed by atoms with Gasteiger partial charge in [0.15, 0.2) is 0 Å². The van der Waals surface area contributed by atoms with Crippen molar-refractivity contribution in [1.82, 2.24) is 9.97 Å². The quantitative estimate of drug-likeness (QED) is 0.226. The predicted octanol–water partition coefficient (Wildman–Crippen LogP) is 6.51. The predicted molar refractivity (Wildman–Crippen MR) is 143 cm³/mol. The minimum atomic E-state index is -4.09. The molecule has 0 radical (unpaired) electrons. The second-order valence-corrected chi connectivity index (χ2v) is 10.9. The van der Waals surface area contributed by atoms with Gasteiger partial charge in [-0.3, -0.25) is 0 Å². The average molecular weight is 530 g/mol. The molecule has 0 bridgehead atoms. The van der Waals surface area contributed by atoms with Crippen LogP contribution in [-0.2, 0) is 14.8 Å². The molecule has 1 aliphatic carbocycles. The van der Waals surface area contributed by atoms with E-state index in [1.165, 1.54) is 57.1 Å². The molecule has 1 aromatic heterocycles. The molecule has 0 aliphatic heterocycles. The van der Waals surface area contributed by atoms with Gasteiger partial charge in [0.25, 0.3) is 10.0 Å². The van der Waals surface area contributed by atoms with Crippen molar-refractivity contribution in [2.24, 2.45) is 5.92 Å². The monoisotopic (exact) mass is 529 g/mol. The molecule has 36 heavy (non-hydrogen) atoms. The van der Waals surface area contributed by atoms with Crippen LogP contribution in [0.2, 0.25) is 5.15 Å². The summed E-state index contributed by atoms with van der Waals surface area (Å²) in [6.07, 6.45) is 13.9. The van der Waals surface area contributed by atoms with Gasteiger partial charge in [0.05, 0.1) is 23.3 Å². The topological polar surface area (TPSA) is 98.2 Å². The van der Waals surface area contributed by atoms with E-state index in [0.29, 0.717) is 17.2 Å². The normalized spacial score (nSPS) is 15.5. The van der Waals surface area contributed by atoms with E-state index in [1.807, 2.05) is 39.0 Å². The first-order chi connectivity index (χ1) is 17.2. The molecule has 0 saturated heterocycles. The number of carbonyl (C=O) groups excluding carboxylic acids is 1. The summed E-state index contributed by atoms with van der Waals surface area (Å²) in [5, 5.41) is 0.165. The van der Waals surface area contributed by atoms with Crippen molar-refractivity contribution in [3.63, 3.8) is 0 Å². The third-order valence-electron chi connectivity index (χ3n) is 6.30. The van der Waals surface area contributed by atoms with Crippen LogP contribution in [0.4, 0.5) is 5.95 Å². The van der Waals surface area contributed by atoms with Crippen molar-refractivity contribution in [2.45, 2.75) is 57.8 Å². The lowest BCUT2D eigenvalue weighted by Crippen LogP contribution is -2.17. The number of allylic oxidation sites excluding steroid dienone is 6. The molecule has 1 fully saturated rings.